The van der Waals surface area contributed by atoms with E-state index in [9.17, 15) is 0 Å². The van der Waals surface area contributed by atoms with Crippen LogP contribution < -0.4 is 4.74 Å². The molecule has 0 spiro atoms. The fraction of sp³-hybridized carbons (Fsp3) is 0.647. The quantitative estimate of drug-likeness (QED) is 0.500. The Bertz CT molecular complexity index is 359. The summed E-state index contributed by atoms with van der Waals surface area (Å²) in [6, 6.07) is 8.32. The highest BCUT2D eigenvalue weighted by molar-refractivity contribution is 5.29. The number of methoxy groups -OCH3 is 1. The van der Waals surface area contributed by atoms with Gasteiger partial charge in [0.2, 0.25) is 6.29 Å². The van der Waals surface area contributed by atoms with Crippen molar-refractivity contribution in [1.82, 2.24) is 0 Å². The minimum absolute atomic E-state index is 0.236. The molecule has 0 saturated heterocycles. The highest BCUT2D eigenvalue weighted by Gasteiger charge is 2.15. The second-order valence-corrected chi connectivity index (χ2v) is 5.47. The zero-order valence-electron chi connectivity index (χ0n) is 13.4. The van der Waals surface area contributed by atoms with Crippen molar-refractivity contribution in [3.05, 3.63) is 29.8 Å². The van der Waals surface area contributed by atoms with Crippen LogP contribution in [-0.2, 0) is 9.47 Å². The van der Waals surface area contributed by atoms with E-state index < -0.39 is 0 Å². The molecule has 0 aromatic heterocycles. The number of rotatable bonds is 9. The van der Waals surface area contributed by atoms with E-state index in [0.717, 1.165) is 12.2 Å². The molecule has 0 aliphatic heterocycles. The van der Waals surface area contributed by atoms with Crippen molar-refractivity contribution in [2.75, 3.05) is 20.3 Å². The lowest BCUT2D eigenvalue weighted by Crippen LogP contribution is -2.28. The second-order valence-electron chi connectivity index (χ2n) is 5.47. The molecule has 114 valence electrons. The third kappa shape index (κ3) is 5.51. The summed E-state index contributed by atoms with van der Waals surface area (Å²) in [4.78, 5) is 0. The molecule has 0 fully saturated rings. The van der Waals surface area contributed by atoms with Gasteiger partial charge < -0.3 is 14.2 Å². The van der Waals surface area contributed by atoms with E-state index in [1.165, 1.54) is 5.56 Å². The lowest BCUT2D eigenvalue weighted by molar-refractivity contribution is -0.117. The van der Waals surface area contributed by atoms with Gasteiger partial charge in [0.25, 0.3) is 0 Å². The molecule has 0 radical (unpaired) electrons. The molecule has 3 heteroatoms. The van der Waals surface area contributed by atoms with Crippen molar-refractivity contribution < 1.29 is 14.2 Å². The molecule has 1 rings (SSSR count). The number of ether oxygens (including phenoxy) is 3. The highest BCUT2D eigenvalue weighted by atomic mass is 16.7. The van der Waals surface area contributed by atoms with Crippen LogP contribution in [0.25, 0.3) is 0 Å². The molecule has 0 aliphatic carbocycles. The Kier molecular flexibility index (Phi) is 7.63. The summed E-state index contributed by atoms with van der Waals surface area (Å²) >= 11 is 0. The second kappa shape index (κ2) is 8.98. The Balaban J connectivity index is 2.59. The monoisotopic (exact) mass is 280 g/mol. The fourth-order valence-corrected chi connectivity index (χ4v) is 1.85. The Hall–Kier alpha value is -1.06. The van der Waals surface area contributed by atoms with Gasteiger partial charge in [0.1, 0.15) is 5.75 Å². The average Bonchev–Trinajstić information content (AvgIpc) is 2.46. The maximum atomic E-state index is 5.91. The normalized spacial score (nSPS) is 14.3. The van der Waals surface area contributed by atoms with E-state index in [2.05, 4.69) is 39.8 Å². The first-order valence-corrected chi connectivity index (χ1v) is 7.45. The van der Waals surface area contributed by atoms with E-state index in [-0.39, 0.29) is 6.29 Å². The molecule has 20 heavy (non-hydrogen) atoms. The summed E-state index contributed by atoms with van der Waals surface area (Å²) in [5.74, 6) is 1.73. The molecular formula is C17H28O3. The van der Waals surface area contributed by atoms with Gasteiger partial charge in [-0.05, 0) is 30.0 Å². The standard InChI is InChI=1S/C17H28O3/c1-6-14(4)15-7-9-16(10-8-15)20-17(13(2)3)19-12-11-18-5/h7-10,13-14,17H,6,11-12H2,1-5H3. The lowest BCUT2D eigenvalue weighted by Gasteiger charge is -2.23. The van der Waals surface area contributed by atoms with Crippen LogP contribution in [0.4, 0.5) is 0 Å². The molecule has 2 atom stereocenters. The van der Waals surface area contributed by atoms with Gasteiger partial charge in [-0.1, -0.05) is 39.8 Å². The Labute approximate surface area is 123 Å². The third-order valence-electron chi connectivity index (χ3n) is 3.43. The Morgan fingerprint density at radius 3 is 2.15 bits per heavy atom. The summed E-state index contributed by atoms with van der Waals surface area (Å²) in [5, 5.41) is 0. The molecule has 0 N–H and O–H groups in total. The number of hydrogen-bond donors (Lipinski definition) is 0. The van der Waals surface area contributed by atoms with Gasteiger partial charge >= 0.3 is 0 Å². The molecule has 0 aliphatic rings. The van der Waals surface area contributed by atoms with Gasteiger partial charge in [0, 0.05) is 13.0 Å². The topological polar surface area (TPSA) is 27.7 Å². The van der Waals surface area contributed by atoms with E-state index in [1.54, 1.807) is 7.11 Å². The van der Waals surface area contributed by atoms with Crippen molar-refractivity contribution in [3.8, 4) is 5.75 Å². The maximum absolute atomic E-state index is 5.91. The molecule has 0 heterocycles. The third-order valence-corrected chi connectivity index (χ3v) is 3.43. The molecule has 0 saturated carbocycles. The van der Waals surface area contributed by atoms with Crippen LogP contribution in [0.5, 0.6) is 5.75 Å². The first-order valence-electron chi connectivity index (χ1n) is 7.45. The van der Waals surface area contributed by atoms with Crippen LogP contribution in [0.15, 0.2) is 24.3 Å². The Morgan fingerprint density at radius 1 is 1.00 bits per heavy atom. The van der Waals surface area contributed by atoms with Gasteiger partial charge in [-0.25, -0.2) is 0 Å². The van der Waals surface area contributed by atoms with E-state index in [4.69, 9.17) is 14.2 Å². The van der Waals surface area contributed by atoms with Crippen LogP contribution >= 0.6 is 0 Å². The van der Waals surface area contributed by atoms with E-state index in [1.807, 2.05) is 12.1 Å². The summed E-state index contributed by atoms with van der Waals surface area (Å²) in [7, 11) is 1.67. The highest BCUT2D eigenvalue weighted by Crippen LogP contribution is 2.23. The van der Waals surface area contributed by atoms with Crippen LogP contribution in [0.3, 0.4) is 0 Å². The Morgan fingerprint density at radius 2 is 1.65 bits per heavy atom. The minimum atomic E-state index is -0.236. The SMILES string of the molecule is CCC(C)c1ccc(OC(OCCOC)C(C)C)cc1. The van der Waals surface area contributed by atoms with Gasteiger partial charge in [0.05, 0.1) is 13.2 Å². The number of hydrogen-bond acceptors (Lipinski definition) is 3. The molecule has 0 amide bonds. The zero-order chi connectivity index (χ0) is 15.0. The van der Waals surface area contributed by atoms with Crippen molar-refractivity contribution in [1.29, 1.82) is 0 Å². The summed E-state index contributed by atoms with van der Waals surface area (Å²) in [6.45, 7) is 9.74. The molecule has 2 unspecified atom stereocenters. The van der Waals surface area contributed by atoms with Gasteiger partial charge in [-0.3, -0.25) is 0 Å². The first kappa shape index (κ1) is 17.0. The maximum Gasteiger partial charge on any atom is 0.202 e. The van der Waals surface area contributed by atoms with Crippen molar-refractivity contribution in [3.63, 3.8) is 0 Å². The smallest absolute Gasteiger partial charge is 0.202 e. The summed E-state index contributed by atoms with van der Waals surface area (Å²) in [5.41, 5.74) is 1.35. The van der Waals surface area contributed by atoms with E-state index in [0.29, 0.717) is 25.0 Å². The van der Waals surface area contributed by atoms with Crippen LogP contribution in [0.2, 0.25) is 0 Å². The van der Waals surface area contributed by atoms with Crippen molar-refractivity contribution in [2.24, 2.45) is 5.92 Å². The van der Waals surface area contributed by atoms with Crippen LogP contribution in [0.1, 0.15) is 45.6 Å². The molecular weight excluding hydrogens is 252 g/mol. The van der Waals surface area contributed by atoms with Gasteiger partial charge in [-0.2, -0.15) is 0 Å². The van der Waals surface area contributed by atoms with Gasteiger partial charge in [-0.15, -0.1) is 0 Å². The van der Waals surface area contributed by atoms with E-state index >= 15 is 0 Å². The van der Waals surface area contributed by atoms with Crippen molar-refractivity contribution in [2.45, 2.75) is 46.3 Å². The summed E-state index contributed by atoms with van der Waals surface area (Å²) in [6.07, 6.45) is 0.911. The molecule has 0 bridgehead atoms. The van der Waals surface area contributed by atoms with Gasteiger partial charge in [0.15, 0.2) is 0 Å². The molecule has 3 nitrogen and oxygen atoms in total. The number of benzene rings is 1. The molecule has 1 aromatic rings. The average molecular weight is 280 g/mol. The predicted octanol–water partition coefficient (Wildman–Crippen LogP) is 4.22. The molecule has 1 aromatic carbocycles. The van der Waals surface area contributed by atoms with Crippen molar-refractivity contribution >= 4 is 0 Å². The predicted molar refractivity (Wildman–Crippen MR) is 82.2 cm³/mol. The largest absolute Gasteiger partial charge is 0.465 e. The fourth-order valence-electron chi connectivity index (χ4n) is 1.85. The lowest BCUT2D eigenvalue weighted by atomic mass is 9.99. The summed E-state index contributed by atoms with van der Waals surface area (Å²) < 4.78 is 16.6. The zero-order valence-corrected chi connectivity index (χ0v) is 13.4. The van der Waals surface area contributed by atoms with Crippen LogP contribution in [-0.4, -0.2) is 26.6 Å². The first-order chi connectivity index (χ1) is 9.58. The minimum Gasteiger partial charge on any atom is -0.465 e. The van der Waals surface area contributed by atoms with Crippen LogP contribution in [0, 0.1) is 5.92 Å².